The maximum atomic E-state index is 13.0. The van der Waals surface area contributed by atoms with E-state index in [4.69, 9.17) is 14.2 Å². The predicted octanol–water partition coefficient (Wildman–Crippen LogP) is 2.92. The van der Waals surface area contributed by atoms with Gasteiger partial charge in [-0.25, -0.2) is 0 Å². The summed E-state index contributed by atoms with van der Waals surface area (Å²) in [5.74, 6) is 1.25. The zero-order valence-corrected chi connectivity index (χ0v) is 14.6. The van der Waals surface area contributed by atoms with Gasteiger partial charge in [-0.2, -0.15) is 0 Å². The Morgan fingerprint density at radius 3 is 2.52 bits per heavy atom. The van der Waals surface area contributed by atoms with Crippen molar-refractivity contribution in [2.75, 3.05) is 39.8 Å². The number of carbonyl (C=O) groups is 1. The minimum atomic E-state index is -0.308. The van der Waals surface area contributed by atoms with Gasteiger partial charge in [0.25, 0.3) is 5.91 Å². The van der Waals surface area contributed by atoms with Crippen molar-refractivity contribution < 1.29 is 19.0 Å². The first-order valence-electron chi connectivity index (χ1n) is 8.07. The molecule has 25 heavy (non-hydrogen) atoms. The van der Waals surface area contributed by atoms with Crippen LogP contribution in [0, 0.1) is 0 Å². The molecule has 0 spiro atoms. The average Bonchev–Trinajstić information content (AvgIpc) is 2.66. The lowest BCUT2D eigenvalue weighted by atomic mass is 10.0. The van der Waals surface area contributed by atoms with E-state index in [0.717, 1.165) is 11.3 Å². The molecule has 1 N–H and O–H groups in total. The van der Waals surface area contributed by atoms with E-state index in [1.165, 1.54) is 0 Å². The quantitative estimate of drug-likeness (QED) is 0.875. The normalized spacial score (nSPS) is 16.2. The van der Waals surface area contributed by atoms with Gasteiger partial charge in [-0.1, -0.05) is 18.2 Å². The Morgan fingerprint density at radius 2 is 1.80 bits per heavy atom. The molecule has 1 aliphatic heterocycles. The first kappa shape index (κ1) is 17.1. The number of methoxy groups -OCH3 is 3. The molecular weight excluding hydrogens is 320 g/mol. The van der Waals surface area contributed by atoms with E-state index in [-0.39, 0.29) is 12.1 Å². The van der Waals surface area contributed by atoms with Gasteiger partial charge in [-0.15, -0.1) is 0 Å². The number of hydrogen-bond donors (Lipinski definition) is 1. The highest BCUT2D eigenvalue weighted by atomic mass is 16.5. The van der Waals surface area contributed by atoms with Gasteiger partial charge >= 0.3 is 0 Å². The standard InChI is InChI=1S/C19H22N2O4/c1-23-11-10-21-18(13-8-9-16(24-2)17(12-13)25-3)20-15-7-5-4-6-14(15)19(21)22/h4-9,12,18,20H,10-11H2,1-3H3/t18-/m1/s1. The Balaban J connectivity index is 2.01. The molecule has 6 heteroatoms. The molecule has 0 unspecified atom stereocenters. The molecule has 6 nitrogen and oxygen atoms in total. The lowest BCUT2D eigenvalue weighted by Gasteiger charge is -2.38. The highest BCUT2D eigenvalue weighted by molar-refractivity contribution is 6.01. The molecule has 1 heterocycles. The Morgan fingerprint density at radius 1 is 1.04 bits per heavy atom. The lowest BCUT2D eigenvalue weighted by Crippen LogP contribution is -2.44. The van der Waals surface area contributed by atoms with Crippen molar-refractivity contribution in [3.8, 4) is 11.5 Å². The summed E-state index contributed by atoms with van der Waals surface area (Å²) in [6.07, 6.45) is -0.308. The summed E-state index contributed by atoms with van der Waals surface area (Å²) in [6, 6.07) is 13.2. The number of benzene rings is 2. The topological polar surface area (TPSA) is 60.0 Å². The van der Waals surface area contributed by atoms with Crippen LogP contribution in [0.2, 0.25) is 0 Å². The number of carbonyl (C=O) groups excluding carboxylic acids is 1. The molecule has 2 aromatic carbocycles. The van der Waals surface area contributed by atoms with Gasteiger partial charge in [0.2, 0.25) is 0 Å². The van der Waals surface area contributed by atoms with Gasteiger partial charge in [0.15, 0.2) is 11.5 Å². The average molecular weight is 342 g/mol. The lowest BCUT2D eigenvalue weighted by molar-refractivity contribution is 0.0609. The highest BCUT2D eigenvalue weighted by Crippen LogP contribution is 2.36. The van der Waals surface area contributed by atoms with Crippen molar-refractivity contribution in [2.24, 2.45) is 0 Å². The van der Waals surface area contributed by atoms with E-state index in [1.54, 1.807) is 26.2 Å². The fraction of sp³-hybridized carbons (Fsp3) is 0.316. The predicted molar refractivity (Wildman–Crippen MR) is 95.3 cm³/mol. The molecule has 0 bridgehead atoms. The van der Waals surface area contributed by atoms with E-state index in [1.807, 2.05) is 42.5 Å². The Labute approximate surface area is 147 Å². The van der Waals surface area contributed by atoms with E-state index in [0.29, 0.717) is 30.2 Å². The fourth-order valence-electron chi connectivity index (χ4n) is 3.00. The molecule has 132 valence electrons. The number of hydrogen-bond acceptors (Lipinski definition) is 5. The molecule has 3 rings (SSSR count). The van der Waals surface area contributed by atoms with Crippen molar-refractivity contribution in [3.63, 3.8) is 0 Å². The number of para-hydroxylation sites is 1. The van der Waals surface area contributed by atoms with Crippen LogP contribution in [0.5, 0.6) is 11.5 Å². The second kappa shape index (κ2) is 7.44. The van der Waals surface area contributed by atoms with E-state index < -0.39 is 0 Å². The van der Waals surface area contributed by atoms with Crippen molar-refractivity contribution >= 4 is 11.6 Å². The second-order valence-electron chi connectivity index (χ2n) is 5.70. The van der Waals surface area contributed by atoms with Crippen LogP contribution >= 0.6 is 0 Å². The Kier molecular flexibility index (Phi) is 5.09. The first-order valence-corrected chi connectivity index (χ1v) is 8.07. The van der Waals surface area contributed by atoms with Gasteiger partial charge in [-0.3, -0.25) is 4.79 Å². The molecule has 0 fully saturated rings. The van der Waals surface area contributed by atoms with Gasteiger partial charge in [0.1, 0.15) is 6.17 Å². The smallest absolute Gasteiger partial charge is 0.257 e. The third-order valence-corrected chi connectivity index (χ3v) is 4.28. The summed E-state index contributed by atoms with van der Waals surface area (Å²) in [4.78, 5) is 14.7. The highest BCUT2D eigenvalue weighted by Gasteiger charge is 2.32. The van der Waals surface area contributed by atoms with Crippen LogP contribution in [0.15, 0.2) is 42.5 Å². The summed E-state index contributed by atoms with van der Waals surface area (Å²) < 4.78 is 15.9. The minimum absolute atomic E-state index is 0.0221. The molecule has 2 aromatic rings. The third-order valence-electron chi connectivity index (χ3n) is 4.28. The molecular formula is C19H22N2O4. The minimum Gasteiger partial charge on any atom is -0.493 e. The number of rotatable bonds is 6. The number of amides is 1. The monoisotopic (exact) mass is 342 g/mol. The van der Waals surface area contributed by atoms with Crippen molar-refractivity contribution in [2.45, 2.75) is 6.17 Å². The fourth-order valence-corrected chi connectivity index (χ4v) is 3.00. The summed E-state index contributed by atoms with van der Waals surface area (Å²) in [6.45, 7) is 0.940. The van der Waals surface area contributed by atoms with Crippen LogP contribution in [0.1, 0.15) is 22.1 Å². The number of anilines is 1. The largest absolute Gasteiger partial charge is 0.493 e. The Hall–Kier alpha value is -2.73. The van der Waals surface area contributed by atoms with Gasteiger partial charge in [0.05, 0.1) is 26.4 Å². The second-order valence-corrected chi connectivity index (χ2v) is 5.70. The molecule has 0 aliphatic carbocycles. The SMILES string of the molecule is COCCN1C(=O)c2ccccc2N[C@H]1c1ccc(OC)c(OC)c1. The first-order chi connectivity index (χ1) is 12.2. The molecule has 1 atom stereocenters. The van der Waals surface area contributed by atoms with Gasteiger partial charge in [-0.05, 0) is 29.8 Å². The van der Waals surface area contributed by atoms with Gasteiger partial charge in [0, 0.05) is 19.3 Å². The molecule has 1 amide bonds. The van der Waals surface area contributed by atoms with Crippen LogP contribution < -0.4 is 14.8 Å². The zero-order valence-electron chi connectivity index (χ0n) is 14.6. The number of fused-ring (bicyclic) bond motifs is 1. The van der Waals surface area contributed by atoms with Crippen LogP contribution in [-0.4, -0.2) is 45.3 Å². The number of nitrogens with one attached hydrogen (secondary N) is 1. The van der Waals surface area contributed by atoms with Crippen LogP contribution in [0.3, 0.4) is 0 Å². The van der Waals surface area contributed by atoms with Crippen molar-refractivity contribution in [1.82, 2.24) is 4.90 Å². The maximum absolute atomic E-state index is 13.0. The summed E-state index contributed by atoms with van der Waals surface area (Å²) in [5.41, 5.74) is 2.40. The summed E-state index contributed by atoms with van der Waals surface area (Å²) in [5, 5.41) is 3.44. The molecule has 0 aromatic heterocycles. The van der Waals surface area contributed by atoms with Crippen molar-refractivity contribution in [1.29, 1.82) is 0 Å². The van der Waals surface area contributed by atoms with Crippen molar-refractivity contribution in [3.05, 3.63) is 53.6 Å². The van der Waals surface area contributed by atoms with Crippen LogP contribution in [-0.2, 0) is 4.74 Å². The summed E-state index contributed by atoms with van der Waals surface area (Å²) >= 11 is 0. The van der Waals surface area contributed by atoms with E-state index in [2.05, 4.69) is 5.32 Å². The molecule has 1 aliphatic rings. The van der Waals surface area contributed by atoms with Gasteiger partial charge < -0.3 is 24.4 Å². The number of ether oxygens (including phenoxy) is 3. The molecule has 0 radical (unpaired) electrons. The third kappa shape index (κ3) is 3.25. The summed E-state index contributed by atoms with van der Waals surface area (Å²) in [7, 11) is 4.82. The van der Waals surface area contributed by atoms with E-state index in [9.17, 15) is 4.79 Å². The van der Waals surface area contributed by atoms with Crippen LogP contribution in [0.25, 0.3) is 0 Å². The molecule has 0 saturated carbocycles. The maximum Gasteiger partial charge on any atom is 0.257 e. The molecule has 0 saturated heterocycles. The zero-order chi connectivity index (χ0) is 17.8. The van der Waals surface area contributed by atoms with E-state index >= 15 is 0 Å². The van der Waals surface area contributed by atoms with Crippen LogP contribution in [0.4, 0.5) is 5.69 Å². The Bertz CT molecular complexity index is 763. The number of nitrogens with zero attached hydrogens (tertiary/aromatic N) is 1.